The molecule has 3 heteroatoms. The number of hydrogen-bond acceptors (Lipinski definition) is 1. The number of hydrogen-bond donors (Lipinski definition) is 0. The Balaban J connectivity index is 0. The molecular weight excluding hydrogens is 194 g/mol. The fourth-order valence-electron chi connectivity index (χ4n) is 0. The van der Waals surface area contributed by atoms with E-state index in [4.69, 9.17) is 4.79 Å². The van der Waals surface area contributed by atoms with Crippen LogP contribution in [0, 0.1) is 0 Å². The molecule has 0 aliphatic carbocycles. The molecule has 0 rings (SSSR count). The van der Waals surface area contributed by atoms with E-state index in [0.29, 0.717) is 17.9 Å². The standard InChI is InChI=1S/CO.Ru.Zn/c1-2;;. The first kappa shape index (κ1) is 8.85. The molecule has 1 nitrogen and oxygen atoms in total. The fourth-order valence-corrected chi connectivity index (χ4v) is 0. The zero-order chi connectivity index (χ0) is 2.71. The van der Waals surface area contributed by atoms with Crippen molar-refractivity contribution in [1.29, 1.82) is 0 Å². The minimum Gasteiger partial charge on any atom is 0 e. The van der Waals surface area contributed by atoms with Crippen LogP contribution in [0.4, 0.5) is 0 Å². The zero-order valence-corrected chi connectivity index (χ0v) is 6.67. The van der Waals surface area contributed by atoms with Gasteiger partial charge in [0.1, 0.15) is 0 Å². The van der Waals surface area contributed by atoms with Crippen molar-refractivity contribution in [1.82, 2.24) is 0 Å². The molecule has 4 heavy (non-hydrogen) atoms. The minimum atomic E-state index is 0. The van der Waals surface area contributed by atoms with Crippen LogP contribution in [0.1, 0.15) is 0 Å². The number of rotatable bonds is 0. The third-order valence-corrected chi connectivity index (χ3v) is 0. The van der Waals surface area contributed by atoms with Gasteiger partial charge in [-0.1, -0.05) is 0 Å². The molecule has 0 N–H and O–H groups in total. The second-order valence-corrected chi connectivity index (χ2v) is 0.750. The predicted molar refractivity (Wildman–Crippen MR) is 5.69 cm³/mol. The average molecular weight is 194 g/mol. The molecular formula is CORuZn. The molecule has 0 radical (unpaired) electrons. The van der Waals surface area contributed by atoms with Gasteiger partial charge in [0, 0.05) is 19.5 Å². The molecule has 0 saturated carbocycles. The molecule has 0 bridgehead atoms. The van der Waals surface area contributed by atoms with Crippen molar-refractivity contribution >= 4 is 4.47 Å². The first-order valence-corrected chi connectivity index (χ1v) is 2.04. The van der Waals surface area contributed by atoms with E-state index in [1.807, 2.05) is 0 Å². The van der Waals surface area contributed by atoms with Crippen LogP contribution in [-0.2, 0) is 42.1 Å². The summed E-state index contributed by atoms with van der Waals surface area (Å²) in [4.78, 5) is 8.74. The van der Waals surface area contributed by atoms with Gasteiger partial charge in [-0.3, -0.25) is 0 Å². The van der Waals surface area contributed by atoms with Gasteiger partial charge in [0.15, 0.2) is 0 Å². The largest absolute Gasteiger partial charge is 0 e. The maximum Gasteiger partial charge on any atom is 0 e. The Labute approximate surface area is 46.7 Å². The van der Waals surface area contributed by atoms with E-state index in [2.05, 4.69) is 0 Å². The maximum absolute atomic E-state index is 8.74. The molecule has 0 aromatic rings. The van der Waals surface area contributed by atoms with Crippen molar-refractivity contribution in [2.45, 2.75) is 0 Å². The summed E-state index contributed by atoms with van der Waals surface area (Å²) in [6, 6.07) is 0. The van der Waals surface area contributed by atoms with Crippen LogP contribution < -0.4 is 0 Å². The molecule has 0 aliphatic heterocycles. The van der Waals surface area contributed by atoms with Crippen molar-refractivity contribution in [2.75, 3.05) is 0 Å². The Kier molecular flexibility index (Phi) is 20.3. The topological polar surface area (TPSA) is 17.1 Å². The molecule has 0 atom stereocenters. The molecule has 0 spiro atoms. The maximum atomic E-state index is 8.74. The Hall–Kier alpha value is 0.827. The van der Waals surface area contributed by atoms with E-state index in [1.165, 1.54) is 0 Å². The summed E-state index contributed by atoms with van der Waals surface area (Å²) in [5.41, 5.74) is 0. The molecule has 0 heterocycles. The third kappa shape index (κ3) is 13.8. The predicted octanol–water partition coefficient (Wildman–Crippen LogP) is -0.402. The van der Waals surface area contributed by atoms with Gasteiger partial charge in [-0.25, -0.2) is 0 Å². The Morgan fingerprint density at radius 2 is 1.75 bits per heavy atom. The second kappa shape index (κ2) is 9.16. The van der Waals surface area contributed by atoms with Gasteiger partial charge in [-0.15, -0.1) is 0 Å². The minimum absolute atomic E-state index is 0. The van der Waals surface area contributed by atoms with Crippen LogP contribution in [0.2, 0.25) is 0 Å². The van der Waals surface area contributed by atoms with Crippen LogP contribution in [0.3, 0.4) is 0 Å². The second-order valence-electron chi connectivity index (χ2n) is 0.144. The fraction of sp³-hybridized carbons (Fsp3) is 0. The quantitative estimate of drug-likeness (QED) is 0.480. The summed E-state index contributed by atoms with van der Waals surface area (Å²) in [6.45, 7) is 0. The van der Waals surface area contributed by atoms with Gasteiger partial charge in [-0.2, -0.15) is 0 Å². The average Bonchev–Trinajstić information content (AvgIpc) is 0.918. The van der Waals surface area contributed by atoms with Crippen LogP contribution in [0.5, 0.6) is 0 Å². The Morgan fingerprint density at radius 3 is 1.75 bits per heavy atom. The molecule has 0 fully saturated rings. The first-order valence-electron chi connectivity index (χ1n) is 0.558. The SMILES string of the molecule is O=[C]=[Zn].[Ru]. The van der Waals surface area contributed by atoms with Gasteiger partial charge in [0.25, 0.3) is 0 Å². The molecule has 0 aliphatic rings. The van der Waals surface area contributed by atoms with Crippen molar-refractivity contribution in [3.63, 3.8) is 0 Å². The summed E-state index contributed by atoms with van der Waals surface area (Å²) in [5.74, 6) is 0. The van der Waals surface area contributed by atoms with Crippen molar-refractivity contribution in [3.05, 3.63) is 0 Å². The summed E-state index contributed by atoms with van der Waals surface area (Å²) in [5, 5.41) is 0. The van der Waals surface area contributed by atoms with Gasteiger partial charge >= 0.3 is 27.1 Å². The van der Waals surface area contributed by atoms with Crippen molar-refractivity contribution in [3.8, 4) is 0 Å². The van der Waals surface area contributed by atoms with Crippen LogP contribution >= 0.6 is 0 Å². The van der Waals surface area contributed by atoms with Crippen molar-refractivity contribution in [2.24, 2.45) is 0 Å². The van der Waals surface area contributed by atoms with E-state index in [9.17, 15) is 0 Å². The molecule has 0 unspecified atom stereocenters. The molecule has 0 aromatic heterocycles. The molecule has 0 aromatic carbocycles. The van der Waals surface area contributed by atoms with E-state index in [-0.39, 0.29) is 19.5 Å². The van der Waals surface area contributed by atoms with Crippen LogP contribution in [0.25, 0.3) is 0 Å². The summed E-state index contributed by atoms with van der Waals surface area (Å²) >= 11 is 0.639. The van der Waals surface area contributed by atoms with Gasteiger partial charge in [0.05, 0.1) is 0 Å². The van der Waals surface area contributed by atoms with E-state index in [1.54, 1.807) is 4.47 Å². The first-order chi connectivity index (χ1) is 1.41. The van der Waals surface area contributed by atoms with E-state index in [0.717, 1.165) is 0 Å². The summed E-state index contributed by atoms with van der Waals surface area (Å²) in [7, 11) is 0. The third-order valence-electron chi connectivity index (χ3n) is 0. The van der Waals surface area contributed by atoms with Gasteiger partial charge in [-0.05, 0) is 0 Å². The van der Waals surface area contributed by atoms with Crippen LogP contribution in [0.15, 0.2) is 0 Å². The molecule has 0 amide bonds. The zero-order valence-electron chi connectivity index (χ0n) is 1.97. The van der Waals surface area contributed by atoms with E-state index >= 15 is 0 Å². The molecule has 20 valence electrons. The Morgan fingerprint density at radius 1 is 1.75 bits per heavy atom. The summed E-state index contributed by atoms with van der Waals surface area (Å²) in [6.07, 6.45) is 0. The van der Waals surface area contributed by atoms with Gasteiger partial charge < -0.3 is 0 Å². The smallest absolute Gasteiger partial charge is 0 e. The molecule has 0 saturated heterocycles. The van der Waals surface area contributed by atoms with Crippen LogP contribution in [-0.4, -0.2) is 4.47 Å². The van der Waals surface area contributed by atoms with Gasteiger partial charge in [0.2, 0.25) is 0 Å². The summed E-state index contributed by atoms with van der Waals surface area (Å²) < 4.78 is 1.62. The van der Waals surface area contributed by atoms with Crippen molar-refractivity contribution < 1.29 is 42.1 Å². The van der Waals surface area contributed by atoms with E-state index < -0.39 is 0 Å². The normalized spacial score (nSPS) is 2.50. The Bertz CT molecular complexity index is 29.0. The number of carbonyl (C=O) groups excluding carboxylic acids is 1. The monoisotopic (exact) mass is 194 g/mol.